The number of hydrogen-bond acceptors (Lipinski definition) is 9. The molecule has 1 aromatic heterocycles. The van der Waals surface area contributed by atoms with Gasteiger partial charge in [-0.25, -0.2) is 0 Å². The number of fused-ring (bicyclic) bond motifs is 8. The quantitative estimate of drug-likeness (QED) is 0.164. The van der Waals surface area contributed by atoms with Gasteiger partial charge >= 0.3 is 12.0 Å². The Morgan fingerprint density at radius 2 is 1.34 bits per heavy atom. The molecule has 1 aliphatic carbocycles. The number of hydrogen-bond donors (Lipinski definition) is 0. The molecule has 2 aliphatic rings. The minimum Gasteiger partial charge on any atom is -0.497 e. The molecule has 2 heterocycles. The van der Waals surface area contributed by atoms with Crippen molar-refractivity contribution in [3.63, 3.8) is 0 Å². The van der Waals surface area contributed by atoms with E-state index in [4.69, 9.17) is 38.4 Å². The van der Waals surface area contributed by atoms with Gasteiger partial charge in [-0.3, -0.25) is 0 Å². The third kappa shape index (κ3) is 4.32. The molecule has 240 valence electrons. The fourth-order valence-electron chi connectivity index (χ4n) is 7.41. The van der Waals surface area contributed by atoms with E-state index in [-0.39, 0.29) is 17.4 Å². The first-order valence-electron chi connectivity index (χ1n) is 15.6. The lowest BCUT2D eigenvalue weighted by atomic mass is 9.71. The molecule has 9 nitrogen and oxygen atoms in total. The van der Waals surface area contributed by atoms with Crippen LogP contribution in [0.1, 0.15) is 54.8 Å². The SMILES string of the molecule is CCC1(CC)c2ccccc2-c2c1c1c(c3cc(OC)c(OC)cc23)OC(c2ccc(OC)cc2)(c2nc(OC)nc(OC)n2)C=C1. The molecular formula is C38H37N3O6. The van der Waals surface area contributed by atoms with Crippen LogP contribution < -0.4 is 28.4 Å². The normalized spacial score (nSPS) is 16.9. The second kappa shape index (κ2) is 11.5. The zero-order valence-corrected chi connectivity index (χ0v) is 27.6. The maximum absolute atomic E-state index is 7.37. The number of benzene rings is 4. The molecule has 7 rings (SSSR count). The molecule has 1 atom stereocenters. The predicted molar refractivity (Wildman–Crippen MR) is 180 cm³/mol. The molecule has 0 N–H and O–H groups in total. The number of methoxy groups -OCH3 is 5. The highest BCUT2D eigenvalue weighted by Crippen LogP contribution is 2.61. The van der Waals surface area contributed by atoms with Crippen molar-refractivity contribution in [2.24, 2.45) is 0 Å². The summed E-state index contributed by atoms with van der Waals surface area (Å²) in [5.74, 6) is 2.95. The largest absolute Gasteiger partial charge is 0.497 e. The van der Waals surface area contributed by atoms with Gasteiger partial charge in [-0.1, -0.05) is 56.3 Å². The van der Waals surface area contributed by atoms with Gasteiger partial charge in [0, 0.05) is 21.9 Å². The summed E-state index contributed by atoms with van der Waals surface area (Å²) < 4.78 is 35.5. The lowest BCUT2D eigenvalue weighted by Crippen LogP contribution is -2.37. The Balaban J connectivity index is 1.61. The summed E-state index contributed by atoms with van der Waals surface area (Å²) in [7, 11) is 7.96. The molecule has 0 saturated carbocycles. The molecule has 0 amide bonds. The molecule has 0 saturated heterocycles. The van der Waals surface area contributed by atoms with Crippen molar-refractivity contribution in [3.8, 4) is 46.1 Å². The van der Waals surface area contributed by atoms with Crippen LogP contribution in [0.15, 0.2) is 66.7 Å². The lowest BCUT2D eigenvalue weighted by Gasteiger charge is -2.38. The van der Waals surface area contributed by atoms with E-state index in [2.05, 4.69) is 55.2 Å². The summed E-state index contributed by atoms with van der Waals surface area (Å²) in [5.41, 5.74) is 5.24. The van der Waals surface area contributed by atoms with Gasteiger partial charge in [0.1, 0.15) is 11.5 Å². The van der Waals surface area contributed by atoms with Crippen LogP contribution in [0.2, 0.25) is 0 Å². The Kier molecular flexibility index (Phi) is 7.42. The van der Waals surface area contributed by atoms with Crippen molar-refractivity contribution in [1.82, 2.24) is 15.0 Å². The zero-order valence-electron chi connectivity index (χ0n) is 27.6. The van der Waals surface area contributed by atoms with Crippen LogP contribution in [-0.4, -0.2) is 50.5 Å². The topological polar surface area (TPSA) is 94.1 Å². The fourth-order valence-corrected chi connectivity index (χ4v) is 7.41. The van der Waals surface area contributed by atoms with Crippen LogP contribution in [-0.2, 0) is 11.0 Å². The van der Waals surface area contributed by atoms with Gasteiger partial charge in [-0.2, -0.15) is 9.97 Å². The highest BCUT2D eigenvalue weighted by Gasteiger charge is 2.48. The maximum atomic E-state index is 7.37. The van der Waals surface area contributed by atoms with Crippen LogP contribution in [0.3, 0.4) is 0 Å². The van der Waals surface area contributed by atoms with Crippen LogP contribution in [0.25, 0.3) is 28.0 Å². The molecule has 47 heavy (non-hydrogen) atoms. The van der Waals surface area contributed by atoms with Crippen LogP contribution in [0, 0.1) is 0 Å². The van der Waals surface area contributed by atoms with Crippen molar-refractivity contribution >= 4 is 16.8 Å². The van der Waals surface area contributed by atoms with E-state index in [9.17, 15) is 0 Å². The van der Waals surface area contributed by atoms with Gasteiger partial charge in [-0.15, -0.1) is 4.98 Å². The average molecular weight is 632 g/mol. The number of aromatic nitrogens is 3. The zero-order chi connectivity index (χ0) is 32.9. The van der Waals surface area contributed by atoms with Crippen molar-refractivity contribution in [2.75, 3.05) is 35.5 Å². The number of ether oxygens (including phenoxy) is 6. The van der Waals surface area contributed by atoms with Crippen molar-refractivity contribution in [3.05, 3.63) is 94.8 Å². The summed E-state index contributed by atoms with van der Waals surface area (Å²) in [5, 5.41) is 1.89. The first kappa shape index (κ1) is 30.3. The molecule has 5 aromatic rings. The predicted octanol–water partition coefficient (Wildman–Crippen LogP) is 7.50. The van der Waals surface area contributed by atoms with Gasteiger partial charge in [0.15, 0.2) is 17.3 Å². The van der Waals surface area contributed by atoms with Gasteiger partial charge in [0.05, 0.1) is 35.5 Å². The Morgan fingerprint density at radius 3 is 1.94 bits per heavy atom. The van der Waals surface area contributed by atoms with Gasteiger partial charge in [0.25, 0.3) is 0 Å². The van der Waals surface area contributed by atoms with Crippen LogP contribution >= 0.6 is 0 Å². The Morgan fingerprint density at radius 1 is 0.702 bits per heavy atom. The first-order valence-corrected chi connectivity index (χ1v) is 15.6. The first-order chi connectivity index (χ1) is 22.9. The van der Waals surface area contributed by atoms with Crippen LogP contribution in [0.5, 0.6) is 35.0 Å². The van der Waals surface area contributed by atoms with Crippen LogP contribution in [0.4, 0.5) is 0 Å². The highest BCUT2D eigenvalue weighted by molar-refractivity contribution is 6.09. The van der Waals surface area contributed by atoms with Crippen molar-refractivity contribution in [2.45, 2.75) is 37.7 Å². The average Bonchev–Trinajstić information content (AvgIpc) is 3.44. The fraction of sp³-hybridized carbons (Fsp3) is 0.289. The Hall–Kier alpha value is -5.31. The summed E-state index contributed by atoms with van der Waals surface area (Å²) in [6.45, 7) is 4.53. The second-order valence-electron chi connectivity index (χ2n) is 11.6. The second-order valence-corrected chi connectivity index (χ2v) is 11.6. The van der Waals surface area contributed by atoms with E-state index in [0.717, 1.165) is 34.7 Å². The van der Waals surface area contributed by atoms with E-state index in [1.165, 1.54) is 36.5 Å². The van der Waals surface area contributed by atoms with Gasteiger partial charge in [-0.05, 0) is 70.8 Å². The molecule has 4 aromatic carbocycles. The minimum absolute atomic E-state index is 0.110. The van der Waals surface area contributed by atoms with Gasteiger partial charge < -0.3 is 28.4 Å². The standard InChI is InChI=1S/C38H37N3O6/c1-8-37(9-2)28-13-11-10-12-24(28)31-26-20-29(43-4)30(44-5)21-27(26)33-25(32(31)37)18-19-38(47-33,22-14-16-23(42-3)17-15-22)34-39-35(45-6)41-36(40-34)46-7/h10-21H,8-9H2,1-7H3. The Labute approximate surface area is 274 Å². The van der Waals surface area contributed by atoms with E-state index in [1.807, 2.05) is 36.4 Å². The molecule has 0 spiro atoms. The molecule has 1 unspecified atom stereocenters. The minimum atomic E-state index is -1.29. The van der Waals surface area contributed by atoms with Gasteiger partial charge in [0.2, 0.25) is 5.60 Å². The molecule has 0 bridgehead atoms. The summed E-state index contributed by atoms with van der Waals surface area (Å²) in [6, 6.07) is 20.7. The third-order valence-electron chi connectivity index (χ3n) is 9.76. The summed E-state index contributed by atoms with van der Waals surface area (Å²) >= 11 is 0. The highest BCUT2D eigenvalue weighted by atomic mass is 16.5. The smallest absolute Gasteiger partial charge is 0.322 e. The number of nitrogens with zero attached hydrogens (tertiary/aromatic N) is 3. The maximum Gasteiger partial charge on any atom is 0.322 e. The molecule has 1 aliphatic heterocycles. The summed E-state index contributed by atoms with van der Waals surface area (Å²) in [4.78, 5) is 13.7. The monoisotopic (exact) mass is 631 g/mol. The number of rotatable bonds is 9. The lowest BCUT2D eigenvalue weighted by molar-refractivity contribution is 0.148. The van der Waals surface area contributed by atoms with Crippen molar-refractivity contribution in [1.29, 1.82) is 0 Å². The van der Waals surface area contributed by atoms with E-state index in [1.54, 1.807) is 21.3 Å². The third-order valence-corrected chi connectivity index (χ3v) is 9.76. The molecular weight excluding hydrogens is 594 g/mol. The van der Waals surface area contributed by atoms with E-state index < -0.39 is 5.60 Å². The molecule has 0 radical (unpaired) electrons. The molecule has 9 heteroatoms. The van der Waals surface area contributed by atoms with Crippen molar-refractivity contribution < 1.29 is 28.4 Å². The Bertz CT molecular complexity index is 2010. The summed E-state index contributed by atoms with van der Waals surface area (Å²) in [6.07, 6.45) is 6.01. The van der Waals surface area contributed by atoms with E-state index in [0.29, 0.717) is 28.8 Å². The van der Waals surface area contributed by atoms with E-state index >= 15 is 0 Å². The molecule has 0 fully saturated rings.